The first-order valence-corrected chi connectivity index (χ1v) is 6.82. The van der Waals surface area contributed by atoms with Gasteiger partial charge in [0.1, 0.15) is 0 Å². The summed E-state index contributed by atoms with van der Waals surface area (Å²) in [6.45, 7) is 3.85. The van der Waals surface area contributed by atoms with E-state index in [1.54, 1.807) is 11.8 Å². The van der Waals surface area contributed by atoms with Gasteiger partial charge in [0.25, 0.3) is 5.91 Å². The third kappa shape index (κ3) is 2.41. The van der Waals surface area contributed by atoms with E-state index in [2.05, 4.69) is 15.5 Å². The Balaban J connectivity index is 2.25. The highest BCUT2D eigenvalue weighted by molar-refractivity contribution is 7.98. The molecule has 0 aliphatic carbocycles. The second kappa shape index (κ2) is 5.27. The number of amides is 1. The zero-order chi connectivity index (χ0) is 13.1. The zero-order valence-electron chi connectivity index (χ0n) is 10.6. The molecule has 0 spiro atoms. The van der Waals surface area contributed by atoms with Crippen LogP contribution in [0.2, 0.25) is 0 Å². The van der Waals surface area contributed by atoms with Crippen LogP contribution in [0.3, 0.4) is 0 Å². The van der Waals surface area contributed by atoms with Gasteiger partial charge in [-0.1, -0.05) is 12.1 Å². The third-order valence-electron chi connectivity index (χ3n) is 2.84. The van der Waals surface area contributed by atoms with E-state index in [9.17, 15) is 4.79 Å². The van der Waals surface area contributed by atoms with Crippen LogP contribution in [0.5, 0.6) is 0 Å². The van der Waals surface area contributed by atoms with Crippen LogP contribution in [-0.2, 0) is 0 Å². The number of aromatic nitrogens is 2. The number of carbonyl (C=O) groups is 1. The van der Waals surface area contributed by atoms with Gasteiger partial charge >= 0.3 is 0 Å². The number of rotatable bonds is 3. The molecule has 0 bridgehead atoms. The van der Waals surface area contributed by atoms with E-state index in [1.165, 1.54) is 0 Å². The summed E-state index contributed by atoms with van der Waals surface area (Å²) >= 11 is 1.55. The maximum absolute atomic E-state index is 12.2. The van der Waals surface area contributed by atoms with Crippen molar-refractivity contribution < 1.29 is 4.79 Å². The minimum Gasteiger partial charge on any atom is -0.305 e. The van der Waals surface area contributed by atoms with Crippen molar-refractivity contribution in [2.45, 2.75) is 18.7 Å². The second-order valence-electron chi connectivity index (χ2n) is 3.98. The monoisotopic (exact) mass is 261 g/mol. The van der Waals surface area contributed by atoms with E-state index >= 15 is 0 Å². The molecular weight excluding hydrogens is 246 g/mol. The Morgan fingerprint density at radius 2 is 2.06 bits per heavy atom. The van der Waals surface area contributed by atoms with Crippen LogP contribution in [0.4, 0.5) is 5.82 Å². The van der Waals surface area contributed by atoms with Gasteiger partial charge in [-0.25, -0.2) is 0 Å². The molecule has 1 amide bonds. The van der Waals surface area contributed by atoms with Gasteiger partial charge in [-0.15, -0.1) is 11.8 Å². The number of nitrogens with one attached hydrogen (secondary N) is 2. The summed E-state index contributed by atoms with van der Waals surface area (Å²) in [5.41, 5.74) is 2.60. The first-order valence-electron chi connectivity index (χ1n) is 5.59. The van der Waals surface area contributed by atoms with E-state index in [4.69, 9.17) is 0 Å². The molecular formula is C13H15N3OS. The van der Waals surface area contributed by atoms with E-state index in [0.717, 1.165) is 16.2 Å². The third-order valence-corrected chi connectivity index (χ3v) is 3.63. The second-order valence-corrected chi connectivity index (χ2v) is 4.82. The predicted molar refractivity (Wildman–Crippen MR) is 74.2 cm³/mol. The molecule has 0 saturated carbocycles. The number of carbonyl (C=O) groups excluding carboxylic acids is 1. The number of H-pyrrole nitrogens is 1. The van der Waals surface area contributed by atoms with Crippen molar-refractivity contribution in [3.63, 3.8) is 0 Å². The molecule has 2 aromatic rings. The zero-order valence-corrected chi connectivity index (χ0v) is 11.4. The van der Waals surface area contributed by atoms with Crippen molar-refractivity contribution in [1.82, 2.24) is 10.2 Å². The quantitative estimate of drug-likeness (QED) is 0.835. The lowest BCUT2D eigenvalue weighted by atomic mass is 10.2. The summed E-state index contributed by atoms with van der Waals surface area (Å²) in [4.78, 5) is 13.1. The SMILES string of the molecule is CSc1ccccc1C(=O)Nc1n[nH]c(C)c1C. The number of thioether (sulfide) groups is 1. The number of hydrogen-bond acceptors (Lipinski definition) is 3. The summed E-state index contributed by atoms with van der Waals surface area (Å²) in [5.74, 6) is 0.461. The van der Waals surface area contributed by atoms with Crippen LogP contribution in [-0.4, -0.2) is 22.4 Å². The number of aryl methyl sites for hydroxylation is 1. The minimum atomic E-state index is -0.130. The van der Waals surface area contributed by atoms with Crippen molar-refractivity contribution >= 4 is 23.5 Å². The van der Waals surface area contributed by atoms with Crippen LogP contribution in [0.1, 0.15) is 21.6 Å². The van der Waals surface area contributed by atoms with Gasteiger partial charge < -0.3 is 5.32 Å². The van der Waals surface area contributed by atoms with Gasteiger partial charge in [-0.2, -0.15) is 5.10 Å². The van der Waals surface area contributed by atoms with Crippen LogP contribution in [0, 0.1) is 13.8 Å². The van der Waals surface area contributed by atoms with Crippen LogP contribution < -0.4 is 5.32 Å². The van der Waals surface area contributed by atoms with Crippen molar-refractivity contribution in [2.24, 2.45) is 0 Å². The van der Waals surface area contributed by atoms with E-state index in [0.29, 0.717) is 11.4 Å². The molecule has 0 fully saturated rings. The van der Waals surface area contributed by atoms with Crippen LogP contribution in [0.15, 0.2) is 29.2 Å². The lowest BCUT2D eigenvalue weighted by molar-refractivity contribution is 0.102. The molecule has 2 N–H and O–H groups in total. The molecule has 1 heterocycles. The van der Waals surface area contributed by atoms with Gasteiger partial charge in [0, 0.05) is 16.2 Å². The summed E-state index contributed by atoms with van der Waals surface area (Å²) < 4.78 is 0. The normalized spacial score (nSPS) is 10.4. The fourth-order valence-electron chi connectivity index (χ4n) is 1.61. The number of benzene rings is 1. The number of hydrogen-bond donors (Lipinski definition) is 2. The smallest absolute Gasteiger partial charge is 0.258 e. The van der Waals surface area contributed by atoms with Crippen molar-refractivity contribution in [1.29, 1.82) is 0 Å². The highest BCUT2D eigenvalue weighted by Crippen LogP contribution is 2.21. The van der Waals surface area contributed by atoms with Crippen LogP contribution >= 0.6 is 11.8 Å². The molecule has 0 unspecified atom stereocenters. The summed E-state index contributed by atoms with van der Waals surface area (Å²) in [6, 6.07) is 7.53. The van der Waals surface area contributed by atoms with Crippen molar-refractivity contribution in [3.8, 4) is 0 Å². The molecule has 1 aromatic carbocycles. The van der Waals surface area contributed by atoms with Gasteiger partial charge in [0.2, 0.25) is 0 Å². The molecule has 1 aromatic heterocycles. The molecule has 0 atom stereocenters. The Labute approximate surface area is 110 Å². The first-order chi connectivity index (χ1) is 8.63. The Morgan fingerprint density at radius 1 is 1.33 bits per heavy atom. The summed E-state index contributed by atoms with van der Waals surface area (Å²) in [7, 11) is 0. The number of nitrogens with zero attached hydrogens (tertiary/aromatic N) is 1. The molecule has 94 valence electrons. The average molecular weight is 261 g/mol. The molecule has 2 rings (SSSR count). The van der Waals surface area contributed by atoms with E-state index < -0.39 is 0 Å². The minimum absolute atomic E-state index is 0.130. The molecule has 0 aliphatic heterocycles. The highest BCUT2D eigenvalue weighted by Gasteiger charge is 2.13. The van der Waals surface area contributed by atoms with E-state index in [-0.39, 0.29) is 5.91 Å². The molecule has 18 heavy (non-hydrogen) atoms. The number of anilines is 1. The van der Waals surface area contributed by atoms with Crippen LogP contribution in [0.25, 0.3) is 0 Å². The standard InChI is InChI=1S/C13H15N3OS/c1-8-9(2)15-16-12(8)14-13(17)10-6-4-5-7-11(10)18-3/h4-7H,1-3H3,(H2,14,15,16,17). The Morgan fingerprint density at radius 3 is 2.67 bits per heavy atom. The van der Waals surface area contributed by atoms with Gasteiger partial charge in [0.05, 0.1) is 5.56 Å². The Bertz CT molecular complexity index is 577. The van der Waals surface area contributed by atoms with Crippen molar-refractivity contribution in [3.05, 3.63) is 41.1 Å². The van der Waals surface area contributed by atoms with E-state index in [1.807, 2.05) is 44.4 Å². The predicted octanol–water partition coefficient (Wildman–Crippen LogP) is 3.00. The molecule has 5 heteroatoms. The van der Waals surface area contributed by atoms with Crippen molar-refractivity contribution in [2.75, 3.05) is 11.6 Å². The molecule has 0 radical (unpaired) electrons. The molecule has 0 aliphatic rings. The summed E-state index contributed by atoms with van der Waals surface area (Å²) in [6.07, 6.45) is 1.95. The Kier molecular flexibility index (Phi) is 3.72. The lowest BCUT2D eigenvalue weighted by Crippen LogP contribution is -2.13. The topological polar surface area (TPSA) is 57.8 Å². The Hall–Kier alpha value is -1.75. The fourth-order valence-corrected chi connectivity index (χ4v) is 2.21. The average Bonchev–Trinajstić information content (AvgIpc) is 2.70. The van der Waals surface area contributed by atoms with Gasteiger partial charge in [-0.3, -0.25) is 9.89 Å². The van der Waals surface area contributed by atoms with Gasteiger partial charge in [0.15, 0.2) is 5.82 Å². The number of aromatic amines is 1. The fraction of sp³-hybridized carbons (Fsp3) is 0.231. The summed E-state index contributed by atoms with van der Waals surface area (Å²) in [5, 5.41) is 9.75. The maximum Gasteiger partial charge on any atom is 0.258 e. The lowest BCUT2D eigenvalue weighted by Gasteiger charge is -2.07. The molecule has 4 nitrogen and oxygen atoms in total. The van der Waals surface area contributed by atoms with Gasteiger partial charge in [-0.05, 0) is 32.2 Å². The maximum atomic E-state index is 12.2. The first kappa shape index (κ1) is 12.7. The molecule has 0 saturated heterocycles. The largest absolute Gasteiger partial charge is 0.305 e. The highest BCUT2D eigenvalue weighted by atomic mass is 32.2.